The molecule has 0 aliphatic heterocycles. The van der Waals surface area contributed by atoms with E-state index in [4.69, 9.17) is 11.6 Å². The smallest absolute Gasteiger partial charge is 0.305 e. The molecule has 0 spiro atoms. The molecule has 0 radical (unpaired) electrons. The van der Waals surface area contributed by atoms with Crippen LogP contribution in [-0.4, -0.2) is 40.8 Å². The van der Waals surface area contributed by atoms with Gasteiger partial charge in [0.1, 0.15) is 11.4 Å². The van der Waals surface area contributed by atoms with Gasteiger partial charge in [-0.15, -0.1) is 0 Å². The second kappa shape index (κ2) is 11.5. The van der Waals surface area contributed by atoms with Crippen LogP contribution >= 0.6 is 11.6 Å². The maximum atomic E-state index is 12.3. The van der Waals surface area contributed by atoms with E-state index < -0.39 is 17.6 Å². The van der Waals surface area contributed by atoms with Gasteiger partial charge in [0, 0.05) is 30.2 Å². The van der Waals surface area contributed by atoms with E-state index in [0.29, 0.717) is 24.3 Å². The molecule has 4 atom stereocenters. The summed E-state index contributed by atoms with van der Waals surface area (Å²) >= 11 is 6.00. The van der Waals surface area contributed by atoms with E-state index in [2.05, 4.69) is 16.6 Å². The highest BCUT2D eigenvalue weighted by Gasteiger charge is 2.40. The van der Waals surface area contributed by atoms with E-state index in [1.807, 2.05) is 12.1 Å². The van der Waals surface area contributed by atoms with Gasteiger partial charge < -0.3 is 14.9 Å². The Hall–Kier alpha value is -1.87. The molecule has 5 nitrogen and oxygen atoms in total. The first kappa shape index (κ1) is 24.4. The Labute approximate surface area is 183 Å². The molecule has 0 amide bonds. The van der Waals surface area contributed by atoms with Crippen molar-refractivity contribution in [3.63, 3.8) is 0 Å². The molecule has 2 N–H and O–H groups in total. The van der Waals surface area contributed by atoms with Crippen LogP contribution in [0.2, 0.25) is 5.02 Å². The van der Waals surface area contributed by atoms with Crippen molar-refractivity contribution in [3.8, 4) is 11.8 Å². The summed E-state index contributed by atoms with van der Waals surface area (Å²) in [7, 11) is 1.38. The van der Waals surface area contributed by atoms with Crippen LogP contribution < -0.4 is 0 Å². The molecule has 0 aromatic heterocycles. The third kappa shape index (κ3) is 7.75. The molecule has 1 aliphatic rings. The number of methoxy groups -OCH3 is 1. The highest BCUT2D eigenvalue weighted by molar-refractivity contribution is 6.30. The fraction of sp³-hybridized carbons (Fsp3) is 0.583. The summed E-state index contributed by atoms with van der Waals surface area (Å²) in [6.07, 6.45) is 4.09. The number of carbonyl (C=O) groups excluding carboxylic acids is 2. The predicted molar refractivity (Wildman–Crippen MR) is 116 cm³/mol. The highest BCUT2D eigenvalue weighted by atomic mass is 35.5. The molecule has 4 unspecified atom stereocenters. The lowest BCUT2D eigenvalue weighted by Crippen LogP contribution is -2.26. The summed E-state index contributed by atoms with van der Waals surface area (Å²) < 4.78 is 4.62. The number of aliphatic hydroxyl groups excluding tert-OH is 1. The number of halogens is 1. The van der Waals surface area contributed by atoms with E-state index in [9.17, 15) is 19.8 Å². The number of benzene rings is 1. The van der Waals surface area contributed by atoms with Gasteiger partial charge in [-0.1, -0.05) is 54.8 Å². The lowest BCUT2D eigenvalue weighted by atomic mass is 9.88. The van der Waals surface area contributed by atoms with Crippen molar-refractivity contribution >= 4 is 23.4 Å². The Morgan fingerprint density at radius 2 is 2.03 bits per heavy atom. The zero-order chi connectivity index (χ0) is 22.1. The van der Waals surface area contributed by atoms with E-state index in [1.54, 1.807) is 19.1 Å². The maximum absolute atomic E-state index is 12.3. The first-order valence-corrected chi connectivity index (χ1v) is 10.9. The minimum atomic E-state index is -1.28. The van der Waals surface area contributed by atoms with E-state index in [-0.39, 0.29) is 24.1 Å². The zero-order valence-corrected chi connectivity index (χ0v) is 18.5. The number of carbonyl (C=O) groups is 2. The normalized spacial score (nSPS) is 22.8. The molecule has 1 saturated carbocycles. The van der Waals surface area contributed by atoms with Crippen LogP contribution in [0.5, 0.6) is 0 Å². The van der Waals surface area contributed by atoms with E-state index in [1.165, 1.54) is 7.11 Å². The van der Waals surface area contributed by atoms with Crippen molar-refractivity contribution in [3.05, 3.63) is 34.9 Å². The highest BCUT2D eigenvalue weighted by Crippen LogP contribution is 2.33. The Morgan fingerprint density at radius 1 is 1.30 bits per heavy atom. The van der Waals surface area contributed by atoms with Gasteiger partial charge in [-0.3, -0.25) is 9.59 Å². The van der Waals surface area contributed by atoms with Gasteiger partial charge in [-0.25, -0.2) is 0 Å². The third-order valence-electron chi connectivity index (χ3n) is 5.49. The second-order valence-corrected chi connectivity index (χ2v) is 8.69. The van der Waals surface area contributed by atoms with Crippen LogP contribution in [0.3, 0.4) is 0 Å². The van der Waals surface area contributed by atoms with Crippen LogP contribution in [0.4, 0.5) is 0 Å². The van der Waals surface area contributed by atoms with Crippen molar-refractivity contribution in [1.82, 2.24) is 0 Å². The summed E-state index contributed by atoms with van der Waals surface area (Å²) in [5.41, 5.74) is -0.414. The number of hydrogen-bond donors (Lipinski definition) is 2. The first-order chi connectivity index (χ1) is 14.2. The van der Waals surface area contributed by atoms with Gasteiger partial charge >= 0.3 is 5.97 Å². The number of Topliss-reactive ketones (excluding diaryl/α,β-unsaturated/α-hetero) is 1. The molecule has 30 heavy (non-hydrogen) atoms. The van der Waals surface area contributed by atoms with Crippen LogP contribution in [0.25, 0.3) is 0 Å². The van der Waals surface area contributed by atoms with Gasteiger partial charge in [-0.2, -0.15) is 0 Å². The average Bonchev–Trinajstić information content (AvgIpc) is 2.95. The number of ketones is 1. The van der Waals surface area contributed by atoms with Crippen molar-refractivity contribution in [1.29, 1.82) is 0 Å². The molecule has 0 bridgehead atoms. The number of aliphatic hydroxyl groups is 2. The molecule has 1 aliphatic carbocycles. The second-order valence-electron chi connectivity index (χ2n) is 8.25. The predicted octanol–water partition coefficient (Wildman–Crippen LogP) is 3.72. The summed E-state index contributed by atoms with van der Waals surface area (Å²) in [6, 6.07) is 7.25. The van der Waals surface area contributed by atoms with Crippen molar-refractivity contribution < 1.29 is 24.5 Å². The van der Waals surface area contributed by atoms with Gasteiger partial charge in [0.2, 0.25) is 0 Å². The number of ether oxygens (including phenoxy) is 1. The Kier molecular flexibility index (Phi) is 9.36. The summed E-state index contributed by atoms with van der Waals surface area (Å²) in [4.78, 5) is 23.5. The molecule has 0 heterocycles. The standard InChI is InChI=1S/C24H31ClO5/c1-24(29,16-17-8-7-9-18(25)14-17)13-12-20-19(21(26)15-22(20)27)10-5-3-4-6-11-23(28)30-2/h7-9,14,19-20,22,27,29H,3-6,10-11,15-16H2,1-2H3. The summed E-state index contributed by atoms with van der Waals surface area (Å²) in [5, 5.41) is 21.6. The number of rotatable bonds is 9. The minimum Gasteiger partial charge on any atom is -0.469 e. The Balaban J connectivity index is 1.91. The van der Waals surface area contributed by atoms with E-state index >= 15 is 0 Å². The van der Waals surface area contributed by atoms with Crippen molar-refractivity contribution in [2.75, 3.05) is 7.11 Å². The van der Waals surface area contributed by atoms with Crippen molar-refractivity contribution in [2.24, 2.45) is 11.8 Å². The Morgan fingerprint density at radius 3 is 2.73 bits per heavy atom. The number of unbranched alkanes of at least 4 members (excludes halogenated alkanes) is 3. The van der Waals surface area contributed by atoms with Gasteiger partial charge in [-0.05, 0) is 37.5 Å². The molecule has 6 heteroatoms. The zero-order valence-electron chi connectivity index (χ0n) is 17.7. The lowest BCUT2D eigenvalue weighted by molar-refractivity contribution is -0.140. The molecular weight excluding hydrogens is 404 g/mol. The van der Waals surface area contributed by atoms with E-state index in [0.717, 1.165) is 31.2 Å². The van der Waals surface area contributed by atoms with Gasteiger partial charge in [0.05, 0.1) is 19.1 Å². The molecule has 0 saturated heterocycles. The largest absolute Gasteiger partial charge is 0.469 e. The topological polar surface area (TPSA) is 83.8 Å². The SMILES string of the molecule is COC(=O)CCCCCCC1C(=O)CC(O)C1C#CC(C)(O)Cc1cccc(Cl)c1. The molecule has 1 aromatic carbocycles. The summed E-state index contributed by atoms with van der Waals surface area (Å²) in [5.74, 6) is 4.93. The molecule has 1 aromatic rings. The minimum absolute atomic E-state index is 0.0332. The summed E-state index contributed by atoms with van der Waals surface area (Å²) in [6.45, 7) is 1.63. The fourth-order valence-electron chi connectivity index (χ4n) is 3.91. The fourth-order valence-corrected chi connectivity index (χ4v) is 4.12. The van der Waals surface area contributed by atoms with Crippen molar-refractivity contribution in [2.45, 2.75) is 70.0 Å². The first-order valence-electron chi connectivity index (χ1n) is 10.5. The number of esters is 1. The van der Waals surface area contributed by atoms with Gasteiger partial charge in [0.15, 0.2) is 0 Å². The Bertz CT molecular complexity index is 792. The van der Waals surface area contributed by atoms with Crippen LogP contribution in [-0.2, 0) is 20.7 Å². The average molecular weight is 435 g/mol. The molecule has 164 valence electrons. The van der Waals surface area contributed by atoms with Crippen LogP contribution in [0.15, 0.2) is 24.3 Å². The number of hydrogen-bond acceptors (Lipinski definition) is 5. The molecule has 2 rings (SSSR count). The quantitative estimate of drug-likeness (QED) is 0.351. The van der Waals surface area contributed by atoms with Crippen LogP contribution in [0, 0.1) is 23.7 Å². The maximum Gasteiger partial charge on any atom is 0.305 e. The monoisotopic (exact) mass is 434 g/mol. The molecule has 1 fully saturated rings. The molecular formula is C24H31ClO5. The van der Waals surface area contributed by atoms with Crippen LogP contribution in [0.1, 0.15) is 57.4 Å². The third-order valence-corrected chi connectivity index (χ3v) is 5.73. The van der Waals surface area contributed by atoms with Gasteiger partial charge in [0.25, 0.3) is 0 Å². The lowest BCUT2D eigenvalue weighted by Gasteiger charge is -2.19.